The van der Waals surface area contributed by atoms with Crippen LogP contribution in [0.5, 0.6) is 0 Å². The van der Waals surface area contributed by atoms with Crippen molar-refractivity contribution in [3.8, 4) is 6.07 Å². The van der Waals surface area contributed by atoms with Crippen LogP contribution in [0.25, 0.3) is 0 Å². The van der Waals surface area contributed by atoms with Crippen molar-refractivity contribution in [2.75, 3.05) is 13.2 Å². The second-order valence-corrected chi connectivity index (χ2v) is 6.96. The molecular formula is C18H24N2O. The molecule has 1 N–H and O–H groups in total. The third kappa shape index (κ3) is 2.59. The number of benzene rings is 1. The fraction of sp³-hybridized carbons (Fsp3) is 0.611. The van der Waals surface area contributed by atoms with Gasteiger partial charge >= 0.3 is 0 Å². The van der Waals surface area contributed by atoms with Crippen LogP contribution in [0.1, 0.15) is 50.7 Å². The Morgan fingerprint density at radius 1 is 1.29 bits per heavy atom. The first-order valence-electron chi connectivity index (χ1n) is 7.95. The molecule has 0 bridgehead atoms. The van der Waals surface area contributed by atoms with Crippen LogP contribution in [0.2, 0.25) is 0 Å². The minimum Gasteiger partial charge on any atom is -0.377 e. The minimum atomic E-state index is -0.557. The Morgan fingerprint density at radius 3 is 2.71 bits per heavy atom. The first kappa shape index (κ1) is 14.6. The number of fused-ring (bicyclic) bond motifs is 1. The molecule has 2 atom stereocenters. The van der Waals surface area contributed by atoms with E-state index in [-0.39, 0.29) is 11.5 Å². The van der Waals surface area contributed by atoms with Gasteiger partial charge in [-0.3, -0.25) is 5.32 Å². The Balaban J connectivity index is 1.89. The first-order chi connectivity index (χ1) is 10.1. The fourth-order valence-electron chi connectivity index (χ4n) is 3.65. The SMILES string of the molecule is CC1(C)CCC(C#N)(NCC2CCCO2)c2ccccc21. The van der Waals surface area contributed by atoms with Crippen LogP contribution < -0.4 is 5.32 Å². The van der Waals surface area contributed by atoms with E-state index < -0.39 is 5.54 Å². The molecule has 0 aromatic heterocycles. The van der Waals surface area contributed by atoms with Gasteiger partial charge in [-0.15, -0.1) is 0 Å². The summed E-state index contributed by atoms with van der Waals surface area (Å²) in [7, 11) is 0. The van der Waals surface area contributed by atoms with Gasteiger partial charge in [-0.05, 0) is 42.2 Å². The van der Waals surface area contributed by atoms with E-state index in [1.165, 1.54) is 5.56 Å². The molecule has 0 radical (unpaired) electrons. The molecule has 1 saturated heterocycles. The van der Waals surface area contributed by atoms with Crippen LogP contribution in [0.15, 0.2) is 24.3 Å². The monoisotopic (exact) mass is 284 g/mol. The number of nitrogens with zero attached hydrogens (tertiary/aromatic N) is 1. The maximum absolute atomic E-state index is 9.88. The summed E-state index contributed by atoms with van der Waals surface area (Å²) in [5.41, 5.74) is 2.04. The largest absolute Gasteiger partial charge is 0.377 e. The van der Waals surface area contributed by atoms with E-state index in [0.29, 0.717) is 0 Å². The van der Waals surface area contributed by atoms with Crippen molar-refractivity contribution in [2.45, 2.75) is 56.6 Å². The van der Waals surface area contributed by atoms with Crippen LogP contribution >= 0.6 is 0 Å². The molecule has 3 rings (SSSR count). The number of ether oxygens (including phenoxy) is 1. The molecule has 0 spiro atoms. The Kier molecular flexibility index (Phi) is 3.77. The van der Waals surface area contributed by atoms with E-state index in [1.807, 2.05) is 6.07 Å². The highest BCUT2D eigenvalue weighted by Crippen LogP contribution is 2.44. The van der Waals surface area contributed by atoms with Crippen molar-refractivity contribution in [1.82, 2.24) is 5.32 Å². The Morgan fingerprint density at radius 2 is 2.05 bits per heavy atom. The fourth-order valence-corrected chi connectivity index (χ4v) is 3.65. The summed E-state index contributed by atoms with van der Waals surface area (Å²) in [6, 6.07) is 11.0. The average molecular weight is 284 g/mol. The topological polar surface area (TPSA) is 45.0 Å². The summed E-state index contributed by atoms with van der Waals surface area (Å²) in [5.74, 6) is 0. The quantitative estimate of drug-likeness (QED) is 0.926. The van der Waals surface area contributed by atoms with E-state index in [4.69, 9.17) is 4.74 Å². The molecule has 1 aliphatic heterocycles. The molecule has 1 aliphatic carbocycles. The molecule has 1 aromatic rings. The Hall–Kier alpha value is -1.37. The van der Waals surface area contributed by atoms with Gasteiger partial charge in [0.15, 0.2) is 0 Å². The second kappa shape index (κ2) is 5.44. The standard InChI is InChI=1S/C18H24N2O/c1-17(2)9-10-18(13-19,16-8-4-3-7-15(16)17)20-12-14-6-5-11-21-14/h3-4,7-8,14,20H,5-6,9-12H2,1-2H3. The first-order valence-corrected chi connectivity index (χ1v) is 7.95. The Labute approximate surface area is 127 Å². The van der Waals surface area contributed by atoms with Crippen molar-refractivity contribution in [3.63, 3.8) is 0 Å². The van der Waals surface area contributed by atoms with Gasteiger partial charge in [0, 0.05) is 13.2 Å². The zero-order chi connectivity index (χ0) is 14.9. The second-order valence-electron chi connectivity index (χ2n) is 6.96. The molecule has 0 saturated carbocycles. The maximum atomic E-state index is 9.88. The number of hydrogen-bond acceptors (Lipinski definition) is 3. The predicted octanol–water partition coefficient (Wildman–Crippen LogP) is 3.25. The molecule has 112 valence electrons. The highest BCUT2D eigenvalue weighted by atomic mass is 16.5. The van der Waals surface area contributed by atoms with Gasteiger partial charge < -0.3 is 4.74 Å². The maximum Gasteiger partial charge on any atom is 0.132 e. The summed E-state index contributed by atoms with van der Waals surface area (Å²) < 4.78 is 5.69. The number of hydrogen-bond donors (Lipinski definition) is 1. The highest BCUT2D eigenvalue weighted by molar-refractivity contribution is 5.45. The van der Waals surface area contributed by atoms with Gasteiger partial charge in [0.05, 0.1) is 12.2 Å². The van der Waals surface area contributed by atoms with Gasteiger partial charge in [0.2, 0.25) is 0 Å². The lowest BCUT2D eigenvalue weighted by Crippen LogP contribution is -2.49. The van der Waals surface area contributed by atoms with Crippen molar-refractivity contribution >= 4 is 0 Å². The van der Waals surface area contributed by atoms with E-state index in [1.54, 1.807) is 0 Å². The molecular weight excluding hydrogens is 260 g/mol. The lowest BCUT2D eigenvalue weighted by molar-refractivity contribution is 0.102. The predicted molar refractivity (Wildman–Crippen MR) is 83.0 cm³/mol. The van der Waals surface area contributed by atoms with E-state index >= 15 is 0 Å². The molecule has 2 unspecified atom stereocenters. The minimum absolute atomic E-state index is 0.141. The van der Waals surface area contributed by atoms with E-state index in [2.05, 4.69) is 43.4 Å². The lowest BCUT2D eigenvalue weighted by Gasteiger charge is -2.42. The summed E-state index contributed by atoms with van der Waals surface area (Å²) >= 11 is 0. The molecule has 21 heavy (non-hydrogen) atoms. The van der Waals surface area contributed by atoms with E-state index in [0.717, 1.165) is 44.4 Å². The van der Waals surface area contributed by atoms with Crippen molar-refractivity contribution in [1.29, 1.82) is 5.26 Å². The van der Waals surface area contributed by atoms with Gasteiger partial charge in [-0.2, -0.15) is 5.26 Å². The van der Waals surface area contributed by atoms with Crippen LogP contribution in [0.3, 0.4) is 0 Å². The van der Waals surface area contributed by atoms with Crippen molar-refractivity contribution < 1.29 is 4.74 Å². The number of nitriles is 1. The average Bonchev–Trinajstić information content (AvgIpc) is 3.01. The lowest BCUT2D eigenvalue weighted by atomic mass is 9.66. The molecule has 3 nitrogen and oxygen atoms in total. The van der Waals surface area contributed by atoms with Crippen molar-refractivity contribution in [3.05, 3.63) is 35.4 Å². The summed E-state index contributed by atoms with van der Waals surface area (Å²) in [6.45, 7) is 6.16. The smallest absolute Gasteiger partial charge is 0.132 e. The molecule has 1 heterocycles. The zero-order valence-corrected chi connectivity index (χ0v) is 13.0. The Bertz CT molecular complexity index is 555. The normalized spacial score (nSPS) is 30.6. The molecule has 3 heteroatoms. The van der Waals surface area contributed by atoms with E-state index in [9.17, 15) is 5.26 Å². The molecule has 2 aliphatic rings. The van der Waals surface area contributed by atoms with Gasteiger partial charge in [0.1, 0.15) is 5.54 Å². The number of rotatable bonds is 3. The summed E-state index contributed by atoms with van der Waals surface area (Å²) in [4.78, 5) is 0. The van der Waals surface area contributed by atoms with Crippen LogP contribution in [-0.4, -0.2) is 19.3 Å². The summed E-state index contributed by atoms with van der Waals surface area (Å²) in [6.07, 6.45) is 4.38. The third-order valence-electron chi connectivity index (χ3n) is 5.09. The molecule has 1 fully saturated rings. The summed E-state index contributed by atoms with van der Waals surface area (Å²) in [5, 5.41) is 13.4. The van der Waals surface area contributed by atoms with Gasteiger partial charge in [0.25, 0.3) is 0 Å². The van der Waals surface area contributed by atoms with Crippen LogP contribution in [0.4, 0.5) is 0 Å². The third-order valence-corrected chi connectivity index (χ3v) is 5.09. The zero-order valence-electron chi connectivity index (χ0n) is 13.0. The molecule has 1 aromatic carbocycles. The van der Waals surface area contributed by atoms with Crippen LogP contribution in [-0.2, 0) is 15.7 Å². The number of nitrogens with one attached hydrogen (secondary N) is 1. The molecule has 0 amide bonds. The van der Waals surface area contributed by atoms with Gasteiger partial charge in [-0.25, -0.2) is 0 Å². The van der Waals surface area contributed by atoms with Gasteiger partial charge in [-0.1, -0.05) is 38.1 Å². The van der Waals surface area contributed by atoms with Crippen LogP contribution in [0, 0.1) is 11.3 Å². The van der Waals surface area contributed by atoms with Crippen molar-refractivity contribution in [2.24, 2.45) is 0 Å². The highest BCUT2D eigenvalue weighted by Gasteiger charge is 2.43.